The van der Waals surface area contributed by atoms with Crippen molar-refractivity contribution in [3.63, 3.8) is 0 Å². The number of hydrogen-bond acceptors (Lipinski definition) is 3. The van der Waals surface area contributed by atoms with Crippen molar-refractivity contribution in [1.29, 1.82) is 0 Å². The average molecular weight is 386 g/mol. The van der Waals surface area contributed by atoms with Crippen molar-refractivity contribution in [2.45, 2.75) is 25.7 Å². The summed E-state index contributed by atoms with van der Waals surface area (Å²) in [6.45, 7) is 1.70. The van der Waals surface area contributed by atoms with Crippen molar-refractivity contribution in [3.05, 3.63) is 59.1 Å². The van der Waals surface area contributed by atoms with Crippen molar-refractivity contribution in [2.75, 3.05) is 30.3 Å². The summed E-state index contributed by atoms with van der Waals surface area (Å²) in [6.07, 6.45) is 4.46. The normalized spacial score (nSPS) is 14.3. The number of rotatable bonds is 5. The highest BCUT2D eigenvalue weighted by atomic mass is 35.5. The molecule has 0 aliphatic carbocycles. The van der Waals surface area contributed by atoms with E-state index >= 15 is 0 Å². The summed E-state index contributed by atoms with van der Waals surface area (Å²) in [4.78, 5) is 26.8. The van der Waals surface area contributed by atoms with Crippen molar-refractivity contribution >= 4 is 34.8 Å². The van der Waals surface area contributed by atoms with Gasteiger partial charge < -0.3 is 15.5 Å². The molecule has 2 aromatic carbocycles. The van der Waals surface area contributed by atoms with Gasteiger partial charge in [-0.15, -0.1) is 0 Å². The topological polar surface area (TPSA) is 61.4 Å². The van der Waals surface area contributed by atoms with Crippen molar-refractivity contribution in [3.8, 4) is 0 Å². The molecular formula is C21H24ClN3O2. The molecule has 1 heterocycles. The van der Waals surface area contributed by atoms with Gasteiger partial charge in [-0.2, -0.15) is 0 Å². The predicted molar refractivity (Wildman–Crippen MR) is 109 cm³/mol. The lowest BCUT2D eigenvalue weighted by Gasteiger charge is -2.20. The van der Waals surface area contributed by atoms with Crippen LogP contribution < -0.4 is 10.6 Å². The number of carbonyl (C=O) groups is 2. The first kappa shape index (κ1) is 19.2. The highest BCUT2D eigenvalue weighted by Crippen LogP contribution is 2.20. The summed E-state index contributed by atoms with van der Waals surface area (Å²) in [5, 5.41) is 6.40. The van der Waals surface area contributed by atoms with E-state index in [0.717, 1.165) is 25.9 Å². The number of benzene rings is 2. The Labute approximate surface area is 164 Å². The zero-order valence-electron chi connectivity index (χ0n) is 15.2. The smallest absolute Gasteiger partial charge is 0.253 e. The van der Waals surface area contributed by atoms with Crippen LogP contribution in [0.15, 0.2) is 48.5 Å². The molecule has 0 saturated carbocycles. The summed E-state index contributed by atoms with van der Waals surface area (Å²) in [6, 6.07) is 14.4. The van der Waals surface area contributed by atoms with Gasteiger partial charge in [0.05, 0.1) is 17.3 Å². The molecule has 27 heavy (non-hydrogen) atoms. The van der Waals surface area contributed by atoms with E-state index in [1.54, 1.807) is 30.3 Å². The van der Waals surface area contributed by atoms with Gasteiger partial charge in [-0.3, -0.25) is 9.59 Å². The fourth-order valence-corrected chi connectivity index (χ4v) is 3.37. The number of nitrogens with one attached hydrogen (secondary N) is 2. The second-order valence-corrected chi connectivity index (χ2v) is 7.08. The maximum absolute atomic E-state index is 12.7. The van der Waals surface area contributed by atoms with E-state index < -0.39 is 0 Å². The SMILES string of the molecule is O=C(CNc1ccccc1Cl)Nc1cccc(C(=O)N2CCCCCC2)c1. The lowest BCUT2D eigenvalue weighted by Crippen LogP contribution is -2.31. The minimum atomic E-state index is -0.200. The van der Waals surface area contributed by atoms with Crippen molar-refractivity contribution in [2.24, 2.45) is 0 Å². The molecule has 2 aromatic rings. The first-order valence-corrected chi connectivity index (χ1v) is 9.69. The minimum Gasteiger partial charge on any atom is -0.375 e. The van der Waals surface area contributed by atoms with Gasteiger partial charge >= 0.3 is 0 Å². The zero-order valence-corrected chi connectivity index (χ0v) is 16.0. The van der Waals surface area contributed by atoms with Crippen LogP contribution in [0.5, 0.6) is 0 Å². The Morgan fingerprint density at radius 3 is 2.44 bits per heavy atom. The summed E-state index contributed by atoms with van der Waals surface area (Å²) < 4.78 is 0. The van der Waals surface area contributed by atoms with Crippen LogP contribution in [-0.4, -0.2) is 36.3 Å². The highest BCUT2D eigenvalue weighted by molar-refractivity contribution is 6.33. The molecule has 0 atom stereocenters. The molecule has 2 amide bonds. The monoisotopic (exact) mass is 385 g/mol. The largest absolute Gasteiger partial charge is 0.375 e. The Bertz CT molecular complexity index is 802. The summed E-state index contributed by atoms with van der Waals surface area (Å²) in [5.74, 6) is -0.170. The number of para-hydroxylation sites is 1. The van der Waals surface area contributed by atoms with E-state index in [1.165, 1.54) is 12.8 Å². The molecule has 1 fully saturated rings. The van der Waals surface area contributed by atoms with Crippen LogP contribution in [0.3, 0.4) is 0 Å². The van der Waals surface area contributed by atoms with Gasteiger partial charge in [0.1, 0.15) is 0 Å². The van der Waals surface area contributed by atoms with Crippen LogP contribution in [0.1, 0.15) is 36.0 Å². The van der Waals surface area contributed by atoms with Crippen LogP contribution in [0, 0.1) is 0 Å². The lowest BCUT2D eigenvalue weighted by atomic mass is 10.1. The van der Waals surface area contributed by atoms with Gasteiger partial charge in [0, 0.05) is 24.3 Å². The van der Waals surface area contributed by atoms with Crippen LogP contribution in [0.4, 0.5) is 11.4 Å². The molecule has 1 aliphatic heterocycles. The van der Waals surface area contributed by atoms with Crippen LogP contribution >= 0.6 is 11.6 Å². The van der Waals surface area contributed by atoms with E-state index in [4.69, 9.17) is 11.6 Å². The van der Waals surface area contributed by atoms with E-state index in [-0.39, 0.29) is 18.4 Å². The molecule has 142 valence electrons. The number of anilines is 2. The molecule has 0 unspecified atom stereocenters. The van der Waals surface area contributed by atoms with Gasteiger partial charge in [-0.25, -0.2) is 0 Å². The van der Waals surface area contributed by atoms with E-state index in [1.807, 2.05) is 23.1 Å². The first-order valence-electron chi connectivity index (χ1n) is 9.31. The maximum Gasteiger partial charge on any atom is 0.253 e. The second kappa shape index (κ2) is 9.42. The predicted octanol–water partition coefficient (Wildman–Crippen LogP) is 4.41. The first-order chi connectivity index (χ1) is 13.1. The summed E-state index contributed by atoms with van der Waals surface area (Å²) in [7, 11) is 0. The molecule has 5 nitrogen and oxygen atoms in total. The molecule has 1 aliphatic rings. The van der Waals surface area contributed by atoms with Crippen LogP contribution in [-0.2, 0) is 4.79 Å². The Morgan fingerprint density at radius 1 is 0.963 bits per heavy atom. The van der Waals surface area contributed by atoms with Gasteiger partial charge in [0.2, 0.25) is 5.91 Å². The third-order valence-corrected chi connectivity index (χ3v) is 4.93. The average Bonchev–Trinajstić information content (AvgIpc) is 2.96. The molecule has 1 saturated heterocycles. The second-order valence-electron chi connectivity index (χ2n) is 6.67. The third kappa shape index (κ3) is 5.47. The quantitative estimate of drug-likeness (QED) is 0.801. The molecule has 0 bridgehead atoms. The molecule has 0 radical (unpaired) electrons. The summed E-state index contributed by atoms with van der Waals surface area (Å²) >= 11 is 6.07. The van der Waals surface area contributed by atoms with Gasteiger partial charge in [-0.05, 0) is 43.2 Å². The number of halogens is 1. The van der Waals surface area contributed by atoms with Gasteiger partial charge in [0.25, 0.3) is 5.91 Å². The van der Waals surface area contributed by atoms with Crippen LogP contribution in [0.2, 0.25) is 5.02 Å². The molecule has 3 rings (SSSR count). The molecule has 0 spiro atoms. The van der Waals surface area contributed by atoms with E-state index in [9.17, 15) is 9.59 Å². The maximum atomic E-state index is 12.7. The highest BCUT2D eigenvalue weighted by Gasteiger charge is 2.17. The third-order valence-electron chi connectivity index (χ3n) is 4.60. The standard InChI is InChI=1S/C21H24ClN3O2/c22-18-10-3-4-11-19(18)23-15-20(26)24-17-9-7-8-16(14-17)21(27)25-12-5-1-2-6-13-25/h3-4,7-11,14,23H,1-2,5-6,12-13,15H2,(H,24,26). The molecule has 2 N–H and O–H groups in total. The number of nitrogens with zero attached hydrogens (tertiary/aromatic N) is 1. The van der Waals surface area contributed by atoms with Crippen LogP contribution in [0.25, 0.3) is 0 Å². The fraction of sp³-hybridized carbons (Fsp3) is 0.333. The lowest BCUT2D eigenvalue weighted by molar-refractivity contribution is -0.114. The van der Waals surface area contributed by atoms with E-state index in [0.29, 0.717) is 22.0 Å². The Balaban J connectivity index is 1.59. The molecule has 0 aromatic heterocycles. The number of hydrogen-bond donors (Lipinski definition) is 2. The molecule has 6 heteroatoms. The number of likely N-dealkylation sites (tertiary alicyclic amines) is 1. The number of amides is 2. The number of carbonyl (C=O) groups excluding carboxylic acids is 2. The van der Waals surface area contributed by atoms with Gasteiger partial charge in [-0.1, -0.05) is 42.6 Å². The Kier molecular flexibility index (Phi) is 6.71. The zero-order chi connectivity index (χ0) is 19.1. The Hall–Kier alpha value is -2.53. The fourth-order valence-electron chi connectivity index (χ4n) is 3.17. The minimum absolute atomic E-state index is 0.0298. The van der Waals surface area contributed by atoms with Crippen molar-refractivity contribution < 1.29 is 9.59 Å². The van der Waals surface area contributed by atoms with E-state index in [2.05, 4.69) is 10.6 Å². The van der Waals surface area contributed by atoms with Crippen molar-refractivity contribution in [1.82, 2.24) is 4.90 Å². The Morgan fingerprint density at radius 2 is 1.70 bits per heavy atom. The van der Waals surface area contributed by atoms with Gasteiger partial charge in [0.15, 0.2) is 0 Å². The summed E-state index contributed by atoms with van der Waals surface area (Å²) in [5.41, 5.74) is 1.93. The molecular weight excluding hydrogens is 362 g/mol.